The second kappa shape index (κ2) is 4.97. The van der Waals surface area contributed by atoms with E-state index in [4.69, 9.17) is 16.6 Å². The quantitative estimate of drug-likeness (QED) is 0.675. The average molecular weight is 278 g/mol. The molecule has 19 heavy (non-hydrogen) atoms. The van der Waals surface area contributed by atoms with Crippen LogP contribution in [0.3, 0.4) is 0 Å². The van der Waals surface area contributed by atoms with Crippen molar-refractivity contribution in [3.05, 3.63) is 33.5 Å². The van der Waals surface area contributed by atoms with Crippen LogP contribution in [0.2, 0.25) is 0 Å². The topological polar surface area (TPSA) is 68.1 Å². The molecule has 0 unspecified atom stereocenters. The number of ether oxygens (including phenoxy) is 1. The van der Waals surface area contributed by atoms with Crippen molar-refractivity contribution < 1.29 is 13.9 Å². The van der Waals surface area contributed by atoms with Gasteiger partial charge in [0.2, 0.25) is 0 Å². The number of nitrogens with one attached hydrogen (secondary N) is 1. The molecule has 0 amide bonds. The number of H-pyrrole nitrogens is 1. The molecule has 0 spiro atoms. The lowest BCUT2D eigenvalue weighted by atomic mass is 10.2. The van der Waals surface area contributed by atoms with Crippen LogP contribution >= 0.6 is 12.2 Å². The molecule has 0 saturated heterocycles. The average Bonchev–Trinajstić information content (AvgIpc) is 2.67. The molecule has 1 N–H and O–H groups in total. The number of aryl methyl sites for hydroxylation is 3. The van der Waals surface area contributed by atoms with Crippen molar-refractivity contribution in [3.63, 3.8) is 0 Å². The molecule has 2 aromatic rings. The summed E-state index contributed by atoms with van der Waals surface area (Å²) < 4.78 is 10.4. The molecule has 0 radical (unpaired) electrons. The Bertz CT molecular complexity index is 700. The first kappa shape index (κ1) is 13.5. The molecule has 2 heterocycles. The van der Waals surface area contributed by atoms with E-state index in [0.717, 1.165) is 17.1 Å². The number of esters is 1. The van der Waals surface area contributed by atoms with Gasteiger partial charge < -0.3 is 14.1 Å². The van der Waals surface area contributed by atoms with Gasteiger partial charge >= 0.3 is 5.97 Å². The van der Waals surface area contributed by atoms with E-state index in [-0.39, 0.29) is 4.64 Å². The van der Waals surface area contributed by atoms with E-state index in [9.17, 15) is 4.79 Å². The Kier molecular flexibility index (Phi) is 3.53. The van der Waals surface area contributed by atoms with E-state index in [1.165, 1.54) is 7.11 Å². The minimum Gasteiger partial charge on any atom is -0.466 e. The zero-order chi connectivity index (χ0) is 14.2. The second-order valence-corrected chi connectivity index (χ2v) is 4.60. The van der Waals surface area contributed by atoms with Crippen LogP contribution < -0.4 is 0 Å². The molecule has 0 aromatic carbocycles. The molecule has 0 aliphatic rings. The molecule has 6 heteroatoms. The summed E-state index contributed by atoms with van der Waals surface area (Å²) in [6.07, 6.45) is 0. The van der Waals surface area contributed by atoms with E-state index >= 15 is 0 Å². The number of hydrogen-bond acceptors (Lipinski definition) is 5. The van der Waals surface area contributed by atoms with Crippen LogP contribution in [0.1, 0.15) is 27.6 Å². The number of furan rings is 1. The van der Waals surface area contributed by atoms with Crippen molar-refractivity contribution >= 4 is 18.2 Å². The van der Waals surface area contributed by atoms with Gasteiger partial charge in [0.05, 0.1) is 12.7 Å². The van der Waals surface area contributed by atoms with Gasteiger partial charge in [0.1, 0.15) is 27.5 Å². The second-order valence-electron chi connectivity index (χ2n) is 4.21. The number of rotatable bonds is 2. The van der Waals surface area contributed by atoms with Crippen molar-refractivity contribution in [2.24, 2.45) is 0 Å². The Morgan fingerprint density at radius 2 is 2.11 bits per heavy atom. The van der Waals surface area contributed by atoms with Gasteiger partial charge in [-0.1, -0.05) is 12.2 Å². The van der Waals surface area contributed by atoms with Gasteiger partial charge in [-0.3, -0.25) is 0 Å². The van der Waals surface area contributed by atoms with E-state index in [0.29, 0.717) is 17.1 Å². The first-order valence-electron chi connectivity index (χ1n) is 5.70. The summed E-state index contributed by atoms with van der Waals surface area (Å²) in [6, 6.07) is 1.88. The largest absolute Gasteiger partial charge is 0.466 e. The summed E-state index contributed by atoms with van der Waals surface area (Å²) in [5.74, 6) is 1.64. The summed E-state index contributed by atoms with van der Waals surface area (Å²) in [5, 5.41) is 0. The SMILES string of the molecule is COC(=O)c1c(C)[nH]c(-c2cc(C)oc2C)nc1=S. The summed E-state index contributed by atoms with van der Waals surface area (Å²) in [5.41, 5.74) is 1.75. The van der Waals surface area contributed by atoms with Crippen LogP contribution in [0, 0.1) is 25.4 Å². The lowest BCUT2D eigenvalue weighted by molar-refractivity contribution is 0.0598. The molecular weight excluding hydrogens is 264 g/mol. The van der Waals surface area contributed by atoms with Crippen LogP contribution in [0.15, 0.2) is 10.5 Å². The van der Waals surface area contributed by atoms with E-state index < -0.39 is 5.97 Å². The van der Waals surface area contributed by atoms with Crippen molar-refractivity contribution in [1.29, 1.82) is 0 Å². The summed E-state index contributed by atoms with van der Waals surface area (Å²) in [6.45, 7) is 5.47. The predicted octanol–water partition coefficient (Wildman–Crippen LogP) is 3.11. The summed E-state index contributed by atoms with van der Waals surface area (Å²) in [4.78, 5) is 18.9. The lowest BCUT2D eigenvalue weighted by Crippen LogP contribution is -2.08. The number of aromatic nitrogens is 2. The van der Waals surface area contributed by atoms with Gasteiger partial charge in [-0.15, -0.1) is 0 Å². The maximum atomic E-state index is 11.6. The Morgan fingerprint density at radius 1 is 1.42 bits per heavy atom. The Morgan fingerprint density at radius 3 is 2.58 bits per heavy atom. The molecule has 0 aliphatic carbocycles. The molecular formula is C13H14N2O3S. The smallest absolute Gasteiger partial charge is 0.342 e. The fourth-order valence-corrected chi connectivity index (χ4v) is 2.25. The fourth-order valence-electron chi connectivity index (χ4n) is 1.92. The van der Waals surface area contributed by atoms with Gasteiger partial charge in [0.25, 0.3) is 0 Å². The molecule has 2 rings (SSSR count). The predicted molar refractivity (Wildman–Crippen MR) is 72.7 cm³/mol. The Hall–Kier alpha value is -1.95. The molecule has 0 bridgehead atoms. The van der Waals surface area contributed by atoms with E-state index in [2.05, 4.69) is 14.7 Å². The van der Waals surface area contributed by atoms with E-state index in [1.807, 2.05) is 19.9 Å². The highest BCUT2D eigenvalue weighted by Crippen LogP contribution is 2.24. The van der Waals surface area contributed by atoms with Crippen molar-refractivity contribution in [2.75, 3.05) is 7.11 Å². The normalized spacial score (nSPS) is 10.5. The number of hydrogen-bond donors (Lipinski definition) is 1. The minimum atomic E-state index is -0.488. The third-order valence-electron chi connectivity index (χ3n) is 2.79. The van der Waals surface area contributed by atoms with Crippen LogP contribution in [0.4, 0.5) is 0 Å². The Labute approximate surface area is 115 Å². The van der Waals surface area contributed by atoms with Gasteiger partial charge in [-0.05, 0) is 26.8 Å². The molecule has 5 nitrogen and oxygen atoms in total. The van der Waals surface area contributed by atoms with Crippen LogP contribution in [-0.4, -0.2) is 23.0 Å². The number of methoxy groups -OCH3 is 1. The number of carbonyl (C=O) groups excluding carboxylic acids is 1. The zero-order valence-corrected chi connectivity index (χ0v) is 12.0. The number of carbonyl (C=O) groups is 1. The van der Waals surface area contributed by atoms with Crippen LogP contribution in [0.5, 0.6) is 0 Å². The van der Waals surface area contributed by atoms with Crippen molar-refractivity contribution in [1.82, 2.24) is 9.97 Å². The van der Waals surface area contributed by atoms with Gasteiger partial charge in [-0.25, -0.2) is 9.78 Å². The highest BCUT2D eigenvalue weighted by Gasteiger charge is 2.16. The first-order valence-corrected chi connectivity index (χ1v) is 6.11. The third-order valence-corrected chi connectivity index (χ3v) is 3.09. The number of aromatic amines is 1. The molecule has 100 valence electrons. The molecule has 0 saturated carbocycles. The highest BCUT2D eigenvalue weighted by molar-refractivity contribution is 7.71. The monoisotopic (exact) mass is 278 g/mol. The molecule has 0 fully saturated rings. The highest BCUT2D eigenvalue weighted by atomic mass is 32.1. The lowest BCUT2D eigenvalue weighted by Gasteiger charge is -2.06. The van der Waals surface area contributed by atoms with Gasteiger partial charge in [-0.2, -0.15) is 0 Å². The fraction of sp³-hybridized carbons (Fsp3) is 0.308. The maximum absolute atomic E-state index is 11.6. The van der Waals surface area contributed by atoms with Gasteiger partial charge in [0.15, 0.2) is 0 Å². The first-order chi connectivity index (χ1) is 8.93. The molecule has 0 atom stereocenters. The summed E-state index contributed by atoms with van der Waals surface area (Å²) >= 11 is 5.16. The van der Waals surface area contributed by atoms with Crippen molar-refractivity contribution in [3.8, 4) is 11.4 Å². The van der Waals surface area contributed by atoms with Crippen LogP contribution in [-0.2, 0) is 4.74 Å². The van der Waals surface area contributed by atoms with Gasteiger partial charge in [0, 0.05) is 5.69 Å². The van der Waals surface area contributed by atoms with E-state index in [1.54, 1.807) is 6.92 Å². The third kappa shape index (κ3) is 2.44. The Balaban J connectivity index is 2.61. The van der Waals surface area contributed by atoms with Crippen LogP contribution in [0.25, 0.3) is 11.4 Å². The minimum absolute atomic E-state index is 0.219. The maximum Gasteiger partial charge on any atom is 0.342 e. The molecule has 2 aromatic heterocycles. The van der Waals surface area contributed by atoms with Crippen molar-refractivity contribution in [2.45, 2.75) is 20.8 Å². The standard InChI is InChI=1S/C13H14N2O3S/c1-6-5-9(8(3)18-6)11-14-7(2)10(12(19)15-11)13(16)17-4/h5H,1-4H3,(H,14,15,19). The molecule has 0 aliphatic heterocycles. The zero-order valence-electron chi connectivity index (χ0n) is 11.2. The number of nitrogens with zero attached hydrogens (tertiary/aromatic N) is 1. The summed E-state index contributed by atoms with van der Waals surface area (Å²) in [7, 11) is 1.31.